The smallest absolute Gasteiger partial charge is 0.390 e. The molecule has 0 aromatic carbocycles. The van der Waals surface area contributed by atoms with Crippen LogP contribution in [0, 0.1) is 11.8 Å². The Balaban J connectivity index is 1.45. The highest BCUT2D eigenvalue weighted by Gasteiger charge is 2.36. The normalized spacial score (nSPS) is 24.6. The first-order valence-corrected chi connectivity index (χ1v) is 9.13. The Bertz CT molecular complexity index is 776. The highest BCUT2D eigenvalue weighted by atomic mass is 19.4. The molecule has 1 N–H and O–H groups in total. The minimum Gasteiger partial charge on any atom is -0.464 e. The third-order valence-corrected chi connectivity index (χ3v) is 5.13. The zero-order valence-electron chi connectivity index (χ0n) is 14.7. The van der Waals surface area contributed by atoms with E-state index in [0.717, 1.165) is 12.8 Å². The van der Waals surface area contributed by atoms with Crippen molar-refractivity contribution >= 4 is 5.84 Å². The van der Waals surface area contributed by atoms with E-state index in [9.17, 15) is 17.6 Å². The molecule has 4 nitrogen and oxygen atoms in total. The quantitative estimate of drug-likeness (QED) is 0.706. The molecule has 2 unspecified atom stereocenters. The Labute approximate surface area is 154 Å². The predicted molar refractivity (Wildman–Crippen MR) is 92.5 cm³/mol. The molecular weight excluding hydrogens is 362 g/mol. The Morgan fingerprint density at radius 3 is 2.81 bits per heavy atom. The number of nitrogens with zero attached hydrogens (tertiary/aromatic N) is 2. The van der Waals surface area contributed by atoms with Crippen LogP contribution in [0.1, 0.15) is 36.7 Å². The second-order valence-electron chi connectivity index (χ2n) is 7.38. The molecule has 1 fully saturated rings. The van der Waals surface area contributed by atoms with Crippen molar-refractivity contribution in [3.8, 4) is 0 Å². The molecule has 3 heterocycles. The number of hydrogen-bond acceptors (Lipinski definition) is 4. The van der Waals surface area contributed by atoms with E-state index in [-0.39, 0.29) is 18.3 Å². The SMILES string of the molecule is FC1=CN=C2NC=CC2C1c1ccc(CN(CCC(F)(F)F)CC2CC2)o1. The van der Waals surface area contributed by atoms with Crippen LogP contribution in [-0.2, 0) is 6.54 Å². The number of alkyl halides is 3. The van der Waals surface area contributed by atoms with Gasteiger partial charge in [0.1, 0.15) is 23.2 Å². The average molecular weight is 383 g/mol. The number of aliphatic imine (C=N–C) groups is 1. The third kappa shape index (κ3) is 4.43. The van der Waals surface area contributed by atoms with Gasteiger partial charge < -0.3 is 9.73 Å². The summed E-state index contributed by atoms with van der Waals surface area (Å²) in [5, 5.41) is 2.98. The summed E-state index contributed by atoms with van der Waals surface area (Å²) >= 11 is 0. The second-order valence-corrected chi connectivity index (χ2v) is 7.38. The van der Waals surface area contributed by atoms with E-state index in [1.165, 1.54) is 6.20 Å². The molecule has 0 bridgehead atoms. The molecule has 1 aromatic rings. The van der Waals surface area contributed by atoms with E-state index in [0.29, 0.717) is 36.4 Å². The molecule has 0 saturated heterocycles. The molecule has 3 aliphatic rings. The van der Waals surface area contributed by atoms with Crippen molar-refractivity contribution < 1.29 is 22.0 Å². The first-order valence-electron chi connectivity index (χ1n) is 9.13. The summed E-state index contributed by atoms with van der Waals surface area (Å²) in [7, 11) is 0. The van der Waals surface area contributed by atoms with Gasteiger partial charge >= 0.3 is 6.18 Å². The van der Waals surface area contributed by atoms with Gasteiger partial charge in [-0.1, -0.05) is 6.08 Å². The van der Waals surface area contributed by atoms with Crippen molar-refractivity contribution in [3.63, 3.8) is 0 Å². The van der Waals surface area contributed by atoms with Crippen LogP contribution in [0.15, 0.2) is 45.8 Å². The molecule has 0 spiro atoms. The second kappa shape index (κ2) is 7.14. The number of amidine groups is 1. The Kier molecular flexibility index (Phi) is 4.84. The fraction of sp³-hybridized carbons (Fsp3) is 0.526. The van der Waals surface area contributed by atoms with E-state index < -0.39 is 18.5 Å². The molecule has 0 amide bonds. The lowest BCUT2D eigenvalue weighted by atomic mass is 9.88. The van der Waals surface area contributed by atoms with Gasteiger partial charge in [0.25, 0.3) is 0 Å². The monoisotopic (exact) mass is 383 g/mol. The highest BCUT2D eigenvalue weighted by Crippen LogP contribution is 2.39. The average Bonchev–Trinajstić information content (AvgIpc) is 3.10. The number of fused-ring (bicyclic) bond motifs is 1. The summed E-state index contributed by atoms with van der Waals surface area (Å²) in [6, 6.07) is 3.44. The van der Waals surface area contributed by atoms with Crippen LogP contribution in [0.5, 0.6) is 0 Å². The molecule has 1 aliphatic carbocycles. The van der Waals surface area contributed by atoms with Crippen molar-refractivity contribution in [1.29, 1.82) is 0 Å². The van der Waals surface area contributed by atoms with E-state index in [4.69, 9.17) is 4.42 Å². The van der Waals surface area contributed by atoms with Crippen molar-refractivity contribution in [1.82, 2.24) is 10.2 Å². The molecular formula is C19H21F4N3O. The number of halogens is 4. The van der Waals surface area contributed by atoms with Crippen LogP contribution >= 0.6 is 0 Å². The molecule has 2 atom stereocenters. The van der Waals surface area contributed by atoms with Crippen molar-refractivity contribution in [3.05, 3.63) is 48.0 Å². The first-order chi connectivity index (χ1) is 12.9. The van der Waals surface area contributed by atoms with Gasteiger partial charge in [0.15, 0.2) is 0 Å². The van der Waals surface area contributed by atoms with Gasteiger partial charge in [0.05, 0.1) is 31.0 Å². The summed E-state index contributed by atoms with van der Waals surface area (Å²) in [5.74, 6) is 0.933. The lowest BCUT2D eigenvalue weighted by molar-refractivity contribution is -0.138. The fourth-order valence-corrected chi connectivity index (χ4v) is 3.57. The zero-order chi connectivity index (χ0) is 19.0. The zero-order valence-corrected chi connectivity index (χ0v) is 14.7. The molecule has 27 heavy (non-hydrogen) atoms. The lowest BCUT2D eigenvalue weighted by Crippen LogP contribution is -2.29. The van der Waals surface area contributed by atoms with Crippen molar-refractivity contribution in [2.75, 3.05) is 13.1 Å². The summed E-state index contributed by atoms with van der Waals surface area (Å²) in [6.45, 7) is 0.875. The van der Waals surface area contributed by atoms with E-state index in [2.05, 4.69) is 10.3 Å². The fourth-order valence-electron chi connectivity index (χ4n) is 3.57. The Hall–Kier alpha value is -2.09. The molecule has 4 rings (SSSR count). The number of furan rings is 1. The maximum Gasteiger partial charge on any atom is 0.390 e. The molecule has 0 radical (unpaired) electrons. The van der Waals surface area contributed by atoms with Gasteiger partial charge in [-0.2, -0.15) is 13.2 Å². The van der Waals surface area contributed by atoms with Crippen LogP contribution in [-0.4, -0.2) is 30.0 Å². The van der Waals surface area contributed by atoms with Crippen LogP contribution < -0.4 is 5.32 Å². The molecule has 2 aliphatic heterocycles. The minimum atomic E-state index is -4.18. The van der Waals surface area contributed by atoms with Gasteiger partial charge in [0, 0.05) is 13.1 Å². The summed E-state index contributed by atoms with van der Waals surface area (Å²) < 4.78 is 58.0. The number of nitrogens with one attached hydrogen (secondary N) is 1. The third-order valence-electron chi connectivity index (χ3n) is 5.13. The number of allylic oxidation sites excluding steroid dienone is 1. The molecule has 8 heteroatoms. The van der Waals surface area contributed by atoms with Crippen LogP contribution in [0.3, 0.4) is 0 Å². The number of hydrogen-bond donors (Lipinski definition) is 1. The van der Waals surface area contributed by atoms with Crippen molar-refractivity contribution in [2.45, 2.75) is 37.9 Å². The van der Waals surface area contributed by atoms with Gasteiger partial charge in [-0.25, -0.2) is 9.38 Å². The maximum absolute atomic E-state index is 14.4. The highest BCUT2D eigenvalue weighted by molar-refractivity contribution is 5.91. The topological polar surface area (TPSA) is 40.8 Å². The lowest BCUT2D eigenvalue weighted by Gasteiger charge is -2.23. The van der Waals surface area contributed by atoms with Crippen LogP contribution in [0.4, 0.5) is 17.6 Å². The molecule has 1 saturated carbocycles. The van der Waals surface area contributed by atoms with Crippen LogP contribution in [0.2, 0.25) is 0 Å². The summed E-state index contributed by atoms with van der Waals surface area (Å²) in [6.07, 6.45) is 1.85. The van der Waals surface area contributed by atoms with E-state index in [1.807, 2.05) is 6.08 Å². The predicted octanol–water partition coefficient (Wildman–Crippen LogP) is 4.48. The Morgan fingerprint density at radius 1 is 1.26 bits per heavy atom. The van der Waals surface area contributed by atoms with Gasteiger partial charge in [-0.15, -0.1) is 0 Å². The van der Waals surface area contributed by atoms with Crippen molar-refractivity contribution in [2.24, 2.45) is 16.8 Å². The summed E-state index contributed by atoms with van der Waals surface area (Å²) in [4.78, 5) is 5.82. The summed E-state index contributed by atoms with van der Waals surface area (Å²) in [5.41, 5.74) is 0. The molecule has 146 valence electrons. The van der Waals surface area contributed by atoms with E-state index in [1.54, 1.807) is 23.2 Å². The van der Waals surface area contributed by atoms with Gasteiger partial charge in [0.2, 0.25) is 0 Å². The molecule has 1 aromatic heterocycles. The Morgan fingerprint density at radius 2 is 2.07 bits per heavy atom. The standard InChI is InChI=1S/C19H21F4N3O/c20-15-9-25-18-14(5-7-24-18)17(15)16-4-3-13(27-16)11-26(10-12-1-2-12)8-6-19(21,22)23/h3-5,7,9,12,14,17H,1-2,6,8,10-11H2,(H,24,25). The first kappa shape index (κ1) is 18.3. The minimum absolute atomic E-state index is 0.0557. The largest absolute Gasteiger partial charge is 0.464 e. The van der Waals surface area contributed by atoms with E-state index >= 15 is 0 Å². The van der Waals surface area contributed by atoms with Gasteiger partial charge in [-0.05, 0) is 37.1 Å². The van der Waals surface area contributed by atoms with Gasteiger partial charge in [-0.3, -0.25) is 4.90 Å². The van der Waals surface area contributed by atoms with Crippen LogP contribution in [0.25, 0.3) is 0 Å². The number of rotatable bonds is 7. The maximum atomic E-state index is 14.4.